The van der Waals surface area contributed by atoms with Gasteiger partial charge < -0.3 is 9.73 Å². The van der Waals surface area contributed by atoms with Crippen molar-refractivity contribution >= 4 is 0 Å². The fourth-order valence-corrected chi connectivity index (χ4v) is 2.11. The van der Waals surface area contributed by atoms with Crippen molar-refractivity contribution in [3.8, 4) is 0 Å². The number of hydrogen-bond donors (Lipinski definition) is 1. The van der Waals surface area contributed by atoms with Crippen LogP contribution in [0.5, 0.6) is 0 Å². The zero-order valence-corrected chi connectivity index (χ0v) is 9.41. The molecule has 1 aromatic rings. The molecule has 1 saturated heterocycles. The third kappa shape index (κ3) is 3.08. The molecule has 1 atom stereocenters. The number of nitrogens with zero attached hydrogens (tertiary/aromatic N) is 1. The monoisotopic (exact) mass is 208 g/mol. The molecule has 15 heavy (non-hydrogen) atoms. The van der Waals surface area contributed by atoms with Gasteiger partial charge in [0, 0.05) is 38.6 Å². The summed E-state index contributed by atoms with van der Waals surface area (Å²) in [7, 11) is 0. The largest absolute Gasteiger partial charge is 0.469 e. The van der Waals surface area contributed by atoms with Gasteiger partial charge in [0.2, 0.25) is 0 Å². The molecule has 0 radical (unpaired) electrons. The van der Waals surface area contributed by atoms with Gasteiger partial charge in [0.1, 0.15) is 5.76 Å². The lowest BCUT2D eigenvalue weighted by Gasteiger charge is -2.32. The second-order valence-corrected chi connectivity index (χ2v) is 4.25. The van der Waals surface area contributed by atoms with Crippen molar-refractivity contribution in [2.75, 3.05) is 26.2 Å². The minimum absolute atomic E-state index is 0.664. The molecule has 2 heterocycles. The zero-order chi connectivity index (χ0) is 10.5. The van der Waals surface area contributed by atoms with Crippen molar-refractivity contribution in [3.05, 3.63) is 24.2 Å². The van der Waals surface area contributed by atoms with Crippen LogP contribution in [0.4, 0.5) is 0 Å². The molecule has 1 aliphatic rings. The van der Waals surface area contributed by atoms with E-state index in [-0.39, 0.29) is 0 Å². The molecule has 2 rings (SSSR count). The molecule has 3 nitrogen and oxygen atoms in total. The first-order chi connectivity index (χ1) is 7.36. The summed E-state index contributed by atoms with van der Waals surface area (Å²) in [6.45, 7) is 6.93. The Balaban J connectivity index is 1.74. The number of piperazine rings is 1. The van der Waals surface area contributed by atoms with E-state index in [0.717, 1.165) is 25.3 Å². The third-order valence-corrected chi connectivity index (χ3v) is 3.16. The van der Waals surface area contributed by atoms with Crippen LogP contribution in [-0.4, -0.2) is 37.1 Å². The highest BCUT2D eigenvalue weighted by Crippen LogP contribution is 2.10. The maximum atomic E-state index is 5.34. The van der Waals surface area contributed by atoms with Crippen molar-refractivity contribution in [3.63, 3.8) is 0 Å². The average Bonchev–Trinajstić information content (AvgIpc) is 2.80. The summed E-state index contributed by atoms with van der Waals surface area (Å²) in [6, 6.07) is 4.69. The van der Waals surface area contributed by atoms with Gasteiger partial charge in [0.15, 0.2) is 0 Å². The lowest BCUT2D eigenvalue weighted by Crippen LogP contribution is -2.47. The van der Waals surface area contributed by atoms with Gasteiger partial charge in [-0.15, -0.1) is 0 Å². The van der Waals surface area contributed by atoms with E-state index in [1.54, 1.807) is 6.26 Å². The van der Waals surface area contributed by atoms with E-state index in [1.165, 1.54) is 19.5 Å². The van der Waals surface area contributed by atoms with Crippen LogP contribution in [0.15, 0.2) is 22.8 Å². The summed E-state index contributed by atoms with van der Waals surface area (Å²) in [6.07, 6.45) is 4.00. The van der Waals surface area contributed by atoms with E-state index in [1.807, 2.05) is 6.07 Å². The topological polar surface area (TPSA) is 28.4 Å². The van der Waals surface area contributed by atoms with Crippen LogP contribution in [0.2, 0.25) is 0 Å². The summed E-state index contributed by atoms with van der Waals surface area (Å²) in [5, 5.41) is 3.38. The molecular formula is C12H20N2O. The van der Waals surface area contributed by atoms with E-state index >= 15 is 0 Å². The van der Waals surface area contributed by atoms with Crippen LogP contribution in [-0.2, 0) is 6.42 Å². The first kappa shape index (κ1) is 10.7. The van der Waals surface area contributed by atoms with Gasteiger partial charge in [-0.25, -0.2) is 0 Å². The molecule has 1 unspecified atom stereocenters. The average molecular weight is 208 g/mol. The number of hydrogen-bond acceptors (Lipinski definition) is 3. The van der Waals surface area contributed by atoms with Gasteiger partial charge in [-0.1, -0.05) is 0 Å². The van der Waals surface area contributed by atoms with Crippen molar-refractivity contribution in [1.29, 1.82) is 0 Å². The highest BCUT2D eigenvalue weighted by molar-refractivity contribution is 4.98. The first-order valence-electron chi connectivity index (χ1n) is 5.83. The molecule has 1 aliphatic heterocycles. The van der Waals surface area contributed by atoms with Gasteiger partial charge in [0.25, 0.3) is 0 Å². The Hall–Kier alpha value is -0.800. The Morgan fingerprint density at radius 2 is 2.27 bits per heavy atom. The van der Waals surface area contributed by atoms with E-state index in [4.69, 9.17) is 4.42 Å². The lowest BCUT2D eigenvalue weighted by molar-refractivity contribution is 0.175. The molecule has 3 heteroatoms. The highest BCUT2D eigenvalue weighted by atomic mass is 16.3. The van der Waals surface area contributed by atoms with Gasteiger partial charge >= 0.3 is 0 Å². The van der Waals surface area contributed by atoms with Crippen molar-refractivity contribution < 1.29 is 4.42 Å². The number of nitrogens with one attached hydrogen (secondary N) is 1. The maximum Gasteiger partial charge on any atom is 0.103 e. The summed E-state index contributed by atoms with van der Waals surface area (Å²) in [4.78, 5) is 2.56. The summed E-state index contributed by atoms with van der Waals surface area (Å²) in [5.74, 6) is 1.11. The molecule has 0 saturated carbocycles. The minimum Gasteiger partial charge on any atom is -0.469 e. The second-order valence-electron chi connectivity index (χ2n) is 4.25. The zero-order valence-electron chi connectivity index (χ0n) is 9.41. The van der Waals surface area contributed by atoms with Crippen LogP contribution >= 0.6 is 0 Å². The molecule has 0 bridgehead atoms. The molecule has 0 amide bonds. The predicted molar refractivity (Wildman–Crippen MR) is 60.9 cm³/mol. The summed E-state index contributed by atoms with van der Waals surface area (Å²) in [5.41, 5.74) is 0. The van der Waals surface area contributed by atoms with Crippen LogP contribution in [0.3, 0.4) is 0 Å². The lowest BCUT2D eigenvalue weighted by atomic mass is 10.1. The highest BCUT2D eigenvalue weighted by Gasteiger charge is 2.16. The molecule has 1 fully saturated rings. The standard InChI is InChI=1S/C12H20N2O/c1-11(14-8-6-13-7-9-14)4-5-12-3-2-10-15-12/h2-3,10-11,13H,4-9H2,1H3. The van der Waals surface area contributed by atoms with Gasteiger partial charge in [0.05, 0.1) is 6.26 Å². The van der Waals surface area contributed by atoms with Crippen molar-refractivity contribution in [2.24, 2.45) is 0 Å². The smallest absolute Gasteiger partial charge is 0.103 e. The Morgan fingerprint density at radius 3 is 2.93 bits per heavy atom. The molecule has 84 valence electrons. The molecule has 0 aliphatic carbocycles. The van der Waals surface area contributed by atoms with E-state index in [0.29, 0.717) is 6.04 Å². The second kappa shape index (κ2) is 5.33. The van der Waals surface area contributed by atoms with Gasteiger partial charge in [-0.05, 0) is 25.5 Å². The molecule has 0 aromatic carbocycles. The van der Waals surface area contributed by atoms with Gasteiger partial charge in [-0.2, -0.15) is 0 Å². The normalized spacial score (nSPS) is 20.3. The van der Waals surface area contributed by atoms with Crippen molar-refractivity contribution in [2.45, 2.75) is 25.8 Å². The maximum absolute atomic E-state index is 5.34. The fraction of sp³-hybridized carbons (Fsp3) is 0.667. The Morgan fingerprint density at radius 1 is 1.47 bits per heavy atom. The Kier molecular flexibility index (Phi) is 3.80. The SMILES string of the molecule is CC(CCc1ccco1)N1CCNCC1. The summed E-state index contributed by atoms with van der Waals surface area (Å²) >= 11 is 0. The number of furan rings is 1. The van der Waals surface area contributed by atoms with E-state index < -0.39 is 0 Å². The van der Waals surface area contributed by atoms with Crippen LogP contribution in [0.25, 0.3) is 0 Å². The quantitative estimate of drug-likeness (QED) is 0.813. The summed E-state index contributed by atoms with van der Waals surface area (Å²) < 4.78 is 5.34. The fourth-order valence-electron chi connectivity index (χ4n) is 2.11. The molecular weight excluding hydrogens is 188 g/mol. The van der Waals surface area contributed by atoms with E-state index in [2.05, 4.69) is 23.2 Å². The van der Waals surface area contributed by atoms with Crippen LogP contribution < -0.4 is 5.32 Å². The molecule has 1 aromatic heterocycles. The van der Waals surface area contributed by atoms with Crippen molar-refractivity contribution in [1.82, 2.24) is 10.2 Å². The van der Waals surface area contributed by atoms with Crippen LogP contribution in [0.1, 0.15) is 19.1 Å². The molecule has 0 spiro atoms. The first-order valence-corrected chi connectivity index (χ1v) is 5.83. The third-order valence-electron chi connectivity index (χ3n) is 3.16. The Bertz CT molecular complexity index is 265. The van der Waals surface area contributed by atoms with E-state index in [9.17, 15) is 0 Å². The number of rotatable bonds is 4. The predicted octanol–water partition coefficient (Wildman–Crippen LogP) is 1.51. The van der Waals surface area contributed by atoms with Crippen LogP contribution in [0, 0.1) is 0 Å². The number of aryl methyl sites for hydroxylation is 1. The van der Waals surface area contributed by atoms with Gasteiger partial charge in [-0.3, -0.25) is 4.90 Å². The molecule has 1 N–H and O–H groups in total. The minimum atomic E-state index is 0.664. The Labute approximate surface area is 91.4 Å².